The Morgan fingerprint density at radius 2 is 0.877 bits per heavy atom. The molecule has 8 rings (SSSR count). The van der Waals surface area contributed by atoms with E-state index < -0.39 is 68.7 Å². The summed E-state index contributed by atoms with van der Waals surface area (Å²) >= 11 is 0. The summed E-state index contributed by atoms with van der Waals surface area (Å²) < 4.78 is 89.9. The van der Waals surface area contributed by atoms with E-state index in [1.807, 2.05) is 88.4 Å². The van der Waals surface area contributed by atoms with Crippen LogP contribution in [0, 0.1) is 23.7 Å². The summed E-state index contributed by atoms with van der Waals surface area (Å²) in [5.41, 5.74) is 14.1. The smallest absolute Gasteiger partial charge is 0.407 e. The number of benzene rings is 4. The van der Waals surface area contributed by atoms with Crippen LogP contribution in [0.4, 0.5) is 21.0 Å². The van der Waals surface area contributed by atoms with Crippen LogP contribution in [0.1, 0.15) is 51.7 Å². The normalized spacial score (nSPS) is 21.4. The van der Waals surface area contributed by atoms with Gasteiger partial charge in [0.15, 0.2) is 12.6 Å². The maximum Gasteiger partial charge on any atom is 0.407 e. The first-order valence-corrected chi connectivity index (χ1v) is 28.7. The SMILES string of the molecule is CC(C)CN(C[C@@H](O)[C@H](Cc1ccccc1)NC(=O)O[C@H]1CO[C@H]2OCC[C@H]21)S(=O)(=O)c1ccc(N)cc1.CC(C)CN(C[C@@H](O)[C@H](Cc1ccccc1)NC(=O)O[C@H]1CO[C@H]2OCC[C@H]21)S(=O)(=O)c1ccc(N)cc1.O.O.O.O.O. The highest BCUT2D eigenvalue weighted by Gasteiger charge is 2.45. The Labute approximate surface area is 473 Å². The van der Waals surface area contributed by atoms with Gasteiger partial charge in [0.1, 0.15) is 12.2 Å². The average molecular weight is 1190 g/mol. The number of carbonyl (C=O) groups is 2. The lowest BCUT2D eigenvalue weighted by atomic mass is 10.0. The number of amides is 2. The number of nitrogens with zero attached hydrogens (tertiary/aromatic N) is 2. The van der Waals surface area contributed by atoms with Gasteiger partial charge in [0.05, 0.1) is 72.3 Å². The zero-order chi connectivity index (χ0) is 54.6. The fourth-order valence-corrected chi connectivity index (χ4v) is 12.9. The molecule has 18 N–H and O–H groups in total. The lowest BCUT2D eigenvalue weighted by Crippen LogP contribution is -2.51. The Morgan fingerprint density at radius 1 is 0.543 bits per heavy atom. The van der Waals surface area contributed by atoms with E-state index >= 15 is 0 Å². The third-order valence-electron chi connectivity index (χ3n) is 13.6. The molecule has 0 aromatic heterocycles. The summed E-state index contributed by atoms with van der Waals surface area (Å²) in [6.45, 7) is 9.16. The number of aliphatic hydroxyl groups excluding tert-OH is 2. The standard InChI is InChI=1S/2C27H37N3O7S.5H2O/c2*1-18(2)15-30(38(33,34)21-10-8-20(28)9-11-21)16-24(31)23(14-19-6-4-3-5-7-19)29-27(32)37-25-17-36-26-22(25)12-13-35-26;;;;;/h2*3-11,18,22-26,31H,12-17,28H2,1-2H3,(H,29,32);5*1H2/t2*22-,23-,24+,25-,26+;;;;;/m00...../s1. The first kappa shape index (κ1) is 71.5. The molecule has 0 saturated carbocycles. The number of hydrogen-bond donors (Lipinski definition) is 6. The van der Waals surface area contributed by atoms with Crippen LogP contribution < -0.4 is 22.1 Å². The van der Waals surface area contributed by atoms with E-state index in [4.69, 9.17) is 39.9 Å². The number of sulfonamides is 2. The fourth-order valence-electron chi connectivity index (χ4n) is 9.65. The Morgan fingerprint density at radius 3 is 1.20 bits per heavy atom. The van der Waals surface area contributed by atoms with E-state index in [1.165, 1.54) is 57.1 Å². The van der Waals surface area contributed by atoms with Crippen LogP contribution in [0.3, 0.4) is 0 Å². The largest absolute Gasteiger partial charge is 0.443 e. The van der Waals surface area contributed by atoms with Crippen LogP contribution >= 0.6 is 0 Å². The summed E-state index contributed by atoms with van der Waals surface area (Å²) in [7, 11) is -7.86. The minimum Gasteiger partial charge on any atom is -0.443 e. The van der Waals surface area contributed by atoms with Crippen LogP contribution in [-0.4, -0.2) is 177 Å². The van der Waals surface area contributed by atoms with Gasteiger partial charge < -0.3 is 88.1 Å². The zero-order valence-corrected chi connectivity index (χ0v) is 47.6. The van der Waals surface area contributed by atoms with Gasteiger partial charge in [-0.3, -0.25) is 0 Å². The molecule has 456 valence electrons. The van der Waals surface area contributed by atoms with Gasteiger partial charge >= 0.3 is 12.2 Å². The molecular weight excluding hydrogens is 1100 g/mol. The Balaban J connectivity index is 0.000000521. The topological polar surface area (TPSA) is 438 Å². The van der Waals surface area contributed by atoms with Crippen LogP contribution in [0.2, 0.25) is 0 Å². The molecule has 0 unspecified atom stereocenters. The number of carbonyl (C=O) groups excluding carboxylic acids is 2. The second-order valence-electron chi connectivity index (χ2n) is 20.5. The number of hydrogen-bond acceptors (Lipinski definition) is 16. The molecule has 4 fully saturated rings. The van der Waals surface area contributed by atoms with Crippen molar-refractivity contribution in [3.63, 3.8) is 0 Å². The summed E-state index contributed by atoms with van der Waals surface area (Å²) in [4.78, 5) is 26.0. The maximum absolute atomic E-state index is 13.5. The van der Waals surface area contributed by atoms with Crippen molar-refractivity contribution in [3.05, 3.63) is 120 Å². The molecule has 4 aromatic carbocycles. The number of ether oxygens (including phenoxy) is 6. The molecule has 2 amide bonds. The third-order valence-corrected chi connectivity index (χ3v) is 17.3. The molecular formula is C54H84N6O19S2. The van der Waals surface area contributed by atoms with Crippen molar-refractivity contribution < 1.29 is 92.4 Å². The fraction of sp³-hybridized carbons (Fsp3) is 0.519. The number of alkyl carbamates (subject to hydrolysis) is 2. The highest BCUT2D eigenvalue weighted by atomic mass is 32.2. The molecule has 27 heteroatoms. The summed E-state index contributed by atoms with van der Waals surface area (Å²) in [5, 5.41) is 28.2. The molecule has 4 heterocycles. The van der Waals surface area contributed by atoms with Crippen molar-refractivity contribution >= 4 is 43.6 Å². The van der Waals surface area contributed by atoms with Gasteiger partial charge in [0, 0.05) is 37.6 Å². The highest BCUT2D eigenvalue weighted by Crippen LogP contribution is 2.34. The van der Waals surface area contributed by atoms with Crippen molar-refractivity contribution in [2.45, 2.75) is 112 Å². The van der Waals surface area contributed by atoms with Gasteiger partial charge in [0.25, 0.3) is 0 Å². The zero-order valence-electron chi connectivity index (χ0n) is 46.0. The van der Waals surface area contributed by atoms with Gasteiger partial charge in [-0.1, -0.05) is 88.4 Å². The lowest BCUT2D eigenvalue weighted by molar-refractivity contribution is -0.0909. The van der Waals surface area contributed by atoms with Gasteiger partial charge in [-0.15, -0.1) is 0 Å². The molecule has 0 bridgehead atoms. The molecule has 0 aliphatic carbocycles. The number of anilines is 2. The van der Waals surface area contributed by atoms with Crippen molar-refractivity contribution in [3.8, 4) is 0 Å². The average Bonchev–Trinajstić information content (AvgIpc) is 4.20. The second kappa shape index (κ2) is 32.9. The van der Waals surface area contributed by atoms with E-state index in [-0.39, 0.29) is 126 Å². The van der Waals surface area contributed by atoms with Crippen molar-refractivity contribution in [1.29, 1.82) is 0 Å². The minimum absolute atomic E-state index is 0. The minimum atomic E-state index is -3.93. The van der Waals surface area contributed by atoms with E-state index in [0.717, 1.165) is 24.0 Å². The first-order chi connectivity index (χ1) is 36.3. The Kier molecular flexibility index (Phi) is 29.0. The van der Waals surface area contributed by atoms with E-state index in [2.05, 4.69) is 10.6 Å². The molecule has 25 nitrogen and oxygen atoms in total. The molecule has 0 spiro atoms. The van der Waals surface area contributed by atoms with Crippen LogP contribution in [0.25, 0.3) is 0 Å². The van der Waals surface area contributed by atoms with Gasteiger partial charge in [-0.05, 0) is 97.2 Å². The second-order valence-corrected chi connectivity index (χ2v) is 24.4. The van der Waals surface area contributed by atoms with Gasteiger partial charge in [-0.2, -0.15) is 8.61 Å². The number of nitrogens with one attached hydrogen (secondary N) is 2. The highest BCUT2D eigenvalue weighted by molar-refractivity contribution is 7.89. The summed E-state index contributed by atoms with van der Waals surface area (Å²) in [6.07, 6.45) is -3.37. The van der Waals surface area contributed by atoms with Gasteiger partial charge in [-0.25, -0.2) is 26.4 Å². The van der Waals surface area contributed by atoms with Crippen molar-refractivity contribution in [2.75, 3.05) is 64.1 Å². The Hall–Kier alpha value is -5.60. The van der Waals surface area contributed by atoms with Gasteiger partial charge in [0.2, 0.25) is 20.0 Å². The lowest BCUT2D eigenvalue weighted by Gasteiger charge is -2.31. The van der Waals surface area contributed by atoms with E-state index in [0.29, 0.717) is 24.6 Å². The molecule has 0 radical (unpaired) electrons. The number of aliphatic hydroxyl groups is 2. The van der Waals surface area contributed by atoms with Crippen molar-refractivity contribution in [2.24, 2.45) is 23.7 Å². The monoisotopic (exact) mass is 1180 g/mol. The molecule has 4 aliphatic rings. The number of fused-ring (bicyclic) bond motifs is 2. The molecule has 4 saturated heterocycles. The molecule has 4 aromatic rings. The molecule has 4 aliphatic heterocycles. The number of nitrogens with two attached hydrogens (primary N) is 2. The predicted molar refractivity (Wildman–Crippen MR) is 301 cm³/mol. The first-order valence-electron chi connectivity index (χ1n) is 25.8. The maximum atomic E-state index is 13.5. The molecule has 81 heavy (non-hydrogen) atoms. The summed E-state index contributed by atoms with van der Waals surface area (Å²) in [6, 6.07) is 29.0. The van der Waals surface area contributed by atoms with Crippen LogP contribution in [-0.2, 0) is 61.3 Å². The Bertz CT molecular complexity index is 2520. The van der Waals surface area contributed by atoms with E-state index in [1.54, 1.807) is 0 Å². The van der Waals surface area contributed by atoms with Crippen LogP contribution in [0.15, 0.2) is 119 Å². The number of nitrogen functional groups attached to an aromatic ring is 2. The van der Waals surface area contributed by atoms with Crippen LogP contribution in [0.5, 0.6) is 0 Å². The number of rotatable bonds is 22. The third kappa shape index (κ3) is 19.8. The molecule has 10 atom stereocenters. The quantitative estimate of drug-likeness (QED) is 0.0588. The van der Waals surface area contributed by atoms with Crippen molar-refractivity contribution in [1.82, 2.24) is 19.2 Å². The van der Waals surface area contributed by atoms with E-state index in [9.17, 15) is 36.6 Å². The summed E-state index contributed by atoms with van der Waals surface area (Å²) in [5.74, 6) is -0.0462. The predicted octanol–water partition coefficient (Wildman–Crippen LogP) is 0.627.